The SMILES string of the molecule is C#CCC(C)Nc1ccc(C)nn1. The van der Waals surface area contributed by atoms with Crippen LogP contribution in [0.2, 0.25) is 0 Å². The Labute approximate surface area is 78.6 Å². The first-order valence-electron chi connectivity index (χ1n) is 4.22. The lowest BCUT2D eigenvalue weighted by molar-refractivity contribution is 0.811. The van der Waals surface area contributed by atoms with E-state index >= 15 is 0 Å². The number of anilines is 1. The molecule has 0 aromatic carbocycles. The first kappa shape index (κ1) is 9.53. The van der Waals surface area contributed by atoms with Crippen LogP contribution in [0.15, 0.2) is 12.1 Å². The molecule has 0 aliphatic carbocycles. The zero-order valence-electron chi connectivity index (χ0n) is 7.91. The van der Waals surface area contributed by atoms with E-state index in [9.17, 15) is 0 Å². The Morgan fingerprint density at radius 2 is 2.31 bits per heavy atom. The van der Waals surface area contributed by atoms with Crippen molar-refractivity contribution in [1.29, 1.82) is 0 Å². The highest BCUT2D eigenvalue weighted by Gasteiger charge is 2.00. The summed E-state index contributed by atoms with van der Waals surface area (Å²) in [5, 5.41) is 11.1. The van der Waals surface area contributed by atoms with E-state index in [0.29, 0.717) is 6.42 Å². The Morgan fingerprint density at radius 3 is 2.85 bits per heavy atom. The van der Waals surface area contributed by atoms with Gasteiger partial charge in [-0.2, -0.15) is 5.10 Å². The summed E-state index contributed by atoms with van der Waals surface area (Å²) in [6.45, 7) is 3.92. The molecule has 1 rings (SSSR count). The van der Waals surface area contributed by atoms with Crippen molar-refractivity contribution in [3.8, 4) is 12.3 Å². The zero-order chi connectivity index (χ0) is 9.68. The average Bonchev–Trinajstić information content (AvgIpc) is 2.09. The summed E-state index contributed by atoms with van der Waals surface area (Å²) in [5.74, 6) is 3.36. The first-order valence-corrected chi connectivity index (χ1v) is 4.22. The summed E-state index contributed by atoms with van der Waals surface area (Å²) in [7, 11) is 0. The van der Waals surface area contributed by atoms with Crippen molar-refractivity contribution in [2.24, 2.45) is 0 Å². The Morgan fingerprint density at radius 1 is 1.54 bits per heavy atom. The third-order valence-electron chi connectivity index (χ3n) is 1.62. The van der Waals surface area contributed by atoms with Gasteiger partial charge in [0.05, 0.1) is 5.69 Å². The minimum absolute atomic E-state index is 0.238. The van der Waals surface area contributed by atoms with E-state index in [1.54, 1.807) is 0 Å². The number of aryl methyl sites for hydroxylation is 1. The maximum atomic E-state index is 5.18. The molecule has 13 heavy (non-hydrogen) atoms. The van der Waals surface area contributed by atoms with Gasteiger partial charge in [0.2, 0.25) is 0 Å². The van der Waals surface area contributed by atoms with Gasteiger partial charge in [-0.1, -0.05) is 0 Å². The molecule has 1 unspecified atom stereocenters. The Bertz CT molecular complexity index is 297. The van der Waals surface area contributed by atoms with Crippen molar-refractivity contribution < 1.29 is 0 Å². The Hall–Kier alpha value is -1.56. The number of rotatable bonds is 3. The fraction of sp³-hybridized carbons (Fsp3) is 0.400. The molecule has 0 fully saturated rings. The lowest BCUT2D eigenvalue weighted by Crippen LogP contribution is -2.15. The van der Waals surface area contributed by atoms with E-state index in [1.165, 1.54) is 0 Å². The van der Waals surface area contributed by atoms with Crippen molar-refractivity contribution in [2.75, 3.05) is 5.32 Å². The molecule has 0 amide bonds. The van der Waals surface area contributed by atoms with Crippen molar-refractivity contribution in [1.82, 2.24) is 10.2 Å². The second kappa shape index (κ2) is 4.46. The normalized spacial score (nSPS) is 11.8. The van der Waals surface area contributed by atoms with E-state index in [1.807, 2.05) is 26.0 Å². The third kappa shape index (κ3) is 3.12. The molecular weight excluding hydrogens is 162 g/mol. The third-order valence-corrected chi connectivity index (χ3v) is 1.62. The van der Waals surface area contributed by atoms with Gasteiger partial charge in [-0.3, -0.25) is 0 Å². The van der Waals surface area contributed by atoms with Gasteiger partial charge in [-0.15, -0.1) is 17.4 Å². The van der Waals surface area contributed by atoms with Crippen molar-refractivity contribution in [2.45, 2.75) is 26.3 Å². The van der Waals surface area contributed by atoms with Crippen LogP contribution in [0.3, 0.4) is 0 Å². The van der Waals surface area contributed by atoms with Crippen LogP contribution in [0.5, 0.6) is 0 Å². The summed E-state index contributed by atoms with van der Waals surface area (Å²) in [6, 6.07) is 4.05. The maximum absolute atomic E-state index is 5.18. The summed E-state index contributed by atoms with van der Waals surface area (Å²) in [6.07, 6.45) is 5.87. The van der Waals surface area contributed by atoms with Gasteiger partial charge >= 0.3 is 0 Å². The standard InChI is InChI=1S/C10H13N3/c1-4-5-8(2)11-10-7-6-9(3)12-13-10/h1,6-8H,5H2,2-3H3,(H,11,13). The quantitative estimate of drug-likeness (QED) is 0.709. The number of aromatic nitrogens is 2. The molecule has 1 aromatic heterocycles. The van der Waals surface area contributed by atoms with Crippen molar-refractivity contribution in [3.05, 3.63) is 17.8 Å². The van der Waals surface area contributed by atoms with Crippen LogP contribution >= 0.6 is 0 Å². The van der Waals surface area contributed by atoms with Crippen LogP contribution < -0.4 is 5.32 Å². The van der Waals surface area contributed by atoms with Gasteiger partial charge in [-0.05, 0) is 26.0 Å². The van der Waals surface area contributed by atoms with E-state index in [-0.39, 0.29) is 6.04 Å². The van der Waals surface area contributed by atoms with Gasteiger partial charge in [0.1, 0.15) is 5.82 Å². The van der Waals surface area contributed by atoms with Crippen LogP contribution in [-0.2, 0) is 0 Å². The number of hydrogen-bond donors (Lipinski definition) is 1. The molecule has 0 aliphatic heterocycles. The molecule has 0 radical (unpaired) electrons. The molecule has 3 nitrogen and oxygen atoms in total. The van der Waals surface area contributed by atoms with Crippen LogP contribution in [-0.4, -0.2) is 16.2 Å². The number of hydrogen-bond acceptors (Lipinski definition) is 3. The van der Waals surface area contributed by atoms with E-state index < -0.39 is 0 Å². The predicted molar refractivity (Wildman–Crippen MR) is 53.3 cm³/mol. The monoisotopic (exact) mass is 175 g/mol. The summed E-state index contributed by atoms with van der Waals surface area (Å²) in [5.41, 5.74) is 0.912. The highest BCUT2D eigenvalue weighted by molar-refractivity contribution is 5.34. The van der Waals surface area contributed by atoms with E-state index in [4.69, 9.17) is 6.42 Å². The smallest absolute Gasteiger partial charge is 0.148 e. The molecule has 1 heterocycles. The molecule has 1 atom stereocenters. The lowest BCUT2D eigenvalue weighted by atomic mass is 10.2. The summed E-state index contributed by atoms with van der Waals surface area (Å²) < 4.78 is 0. The summed E-state index contributed by atoms with van der Waals surface area (Å²) >= 11 is 0. The first-order chi connectivity index (χ1) is 6.22. The van der Waals surface area contributed by atoms with Gasteiger partial charge < -0.3 is 5.32 Å². The fourth-order valence-electron chi connectivity index (χ4n) is 0.956. The zero-order valence-corrected chi connectivity index (χ0v) is 7.91. The molecule has 1 N–H and O–H groups in total. The molecular formula is C10H13N3. The van der Waals surface area contributed by atoms with Gasteiger partial charge in [0.25, 0.3) is 0 Å². The molecule has 3 heteroatoms. The van der Waals surface area contributed by atoms with Gasteiger partial charge in [0.15, 0.2) is 0 Å². The number of nitrogens with one attached hydrogen (secondary N) is 1. The van der Waals surface area contributed by atoms with E-state index in [2.05, 4.69) is 21.4 Å². The molecule has 1 aromatic rings. The van der Waals surface area contributed by atoms with Gasteiger partial charge in [-0.25, -0.2) is 0 Å². The van der Waals surface area contributed by atoms with Crippen molar-refractivity contribution in [3.63, 3.8) is 0 Å². The van der Waals surface area contributed by atoms with Crippen LogP contribution in [0.4, 0.5) is 5.82 Å². The topological polar surface area (TPSA) is 37.8 Å². The Balaban J connectivity index is 2.55. The van der Waals surface area contributed by atoms with Gasteiger partial charge in [0, 0.05) is 12.5 Å². The summed E-state index contributed by atoms with van der Waals surface area (Å²) in [4.78, 5) is 0. The van der Waals surface area contributed by atoms with Crippen LogP contribution in [0, 0.1) is 19.3 Å². The minimum Gasteiger partial charge on any atom is -0.365 e. The predicted octanol–water partition coefficient (Wildman–Crippen LogP) is 1.61. The largest absolute Gasteiger partial charge is 0.365 e. The molecule has 0 saturated carbocycles. The Kier molecular flexibility index (Phi) is 3.27. The molecule has 0 spiro atoms. The highest BCUT2D eigenvalue weighted by atomic mass is 15.2. The van der Waals surface area contributed by atoms with E-state index in [0.717, 1.165) is 11.5 Å². The second-order valence-corrected chi connectivity index (χ2v) is 3.01. The van der Waals surface area contributed by atoms with Crippen LogP contribution in [0.1, 0.15) is 19.0 Å². The highest BCUT2D eigenvalue weighted by Crippen LogP contribution is 2.04. The van der Waals surface area contributed by atoms with Crippen molar-refractivity contribution >= 4 is 5.82 Å². The number of nitrogens with zero attached hydrogens (tertiary/aromatic N) is 2. The number of terminal acetylenes is 1. The molecule has 0 aliphatic rings. The maximum Gasteiger partial charge on any atom is 0.148 e. The molecule has 68 valence electrons. The fourth-order valence-corrected chi connectivity index (χ4v) is 0.956. The molecule has 0 saturated heterocycles. The average molecular weight is 175 g/mol. The minimum atomic E-state index is 0.238. The van der Waals surface area contributed by atoms with Crippen LogP contribution in [0.25, 0.3) is 0 Å². The second-order valence-electron chi connectivity index (χ2n) is 3.01. The molecule has 0 bridgehead atoms. The lowest BCUT2D eigenvalue weighted by Gasteiger charge is -2.10.